The third-order valence-electron chi connectivity index (χ3n) is 4.41. The molecule has 0 aliphatic carbocycles. The molecule has 2 aromatic rings. The van der Waals surface area contributed by atoms with E-state index < -0.39 is 5.97 Å². The first-order chi connectivity index (χ1) is 13.5. The lowest BCUT2D eigenvalue weighted by molar-refractivity contribution is -0.142. The number of carbonyl (C=O) groups excluding carboxylic acids is 2. The maximum Gasteiger partial charge on any atom is 0.303 e. The summed E-state index contributed by atoms with van der Waals surface area (Å²) in [6, 6.07) is 8.09. The van der Waals surface area contributed by atoms with Crippen LogP contribution in [0.1, 0.15) is 23.7 Å². The second kappa shape index (κ2) is 9.01. The number of alkyl halides is 1. The SMILES string of the molecule is CC(=O)OCc1nc2c(cc1CCc1ccc(F)cc1)N(C(=O)CCl)CCO2. The van der Waals surface area contributed by atoms with Gasteiger partial charge < -0.3 is 14.4 Å². The highest BCUT2D eigenvalue weighted by atomic mass is 35.5. The molecule has 0 spiro atoms. The Hall–Kier alpha value is -2.67. The minimum Gasteiger partial charge on any atom is -0.474 e. The number of hydrogen-bond acceptors (Lipinski definition) is 5. The van der Waals surface area contributed by atoms with Crippen molar-refractivity contribution >= 4 is 29.2 Å². The van der Waals surface area contributed by atoms with Crippen molar-refractivity contribution < 1.29 is 23.5 Å². The number of ether oxygens (including phenoxy) is 2. The van der Waals surface area contributed by atoms with Gasteiger partial charge in [-0.15, -0.1) is 11.6 Å². The maximum absolute atomic E-state index is 13.1. The van der Waals surface area contributed by atoms with Gasteiger partial charge in [-0.05, 0) is 42.2 Å². The fourth-order valence-electron chi connectivity index (χ4n) is 2.99. The Morgan fingerprint density at radius 1 is 1.29 bits per heavy atom. The van der Waals surface area contributed by atoms with Crippen molar-refractivity contribution in [3.8, 4) is 5.88 Å². The summed E-state index contributed by atoms with van der Waals surface area (Å²) in [5.41, 5.74) is 2.90. The molecule has 1 aliphatic rings. The molecule has 0 atom stereocenters. The van der Waals surface area contributed by atoms with E-state index in [1.165, 1.54) is 19.1 Å². The van der Waals surface area contributed by atoms with Gasteiger partial charge in [0, 0.05) is 6.92 Å². The smallest absolute Gasteiger partial charge is 0.303 e. The van der Waals surface area contributed by atoms with Crippen LogP contribution in [0.5, 0.6) is 5.88 Å². The summed E-state index contributed by atoms with van der Waals surface area (Å²) in [5.74, 6) is -0.756. The molecule has 0 bridgehead atoms. The van der Waals surface area contributed by atoms with Crippen LogP contribution in [0, 0.1) is 5.82 Å². The van der Waals surface area contributed by atoms with Crippen LogP contribution in [0.25, 0.3) is 0 Å². The number of aryl methyl sites for hydroxylation is 2. The standard InChI is InChI=1S/C20H20ClFN2O4/c1-13(25)28-12-17-15(5-2-14-3-6-16(22)7-4-14)10-18-20(23-17)27-9-8-24(18)19(26)11-21/h3-4,6-7,10H,2,5,8-9,11-12H2,1H3. The molecule has 1 amide bonds. The van der Waals surface area contributed by atoms with Gasteiger partial charge in [-0.2, -0.15) is 0 Å². The zero-order chi connectivity index (χ0) is 20.1. The molecule has 2 heterocycles. The van der Waals surface area contributed by atoms with E-state index in [1.54, 1.807) is 17.0 Å². The molecule has 148 valence electrons. The molecule has 1 aromatic heterocycles. The van der Waals surface area contributed by atoms with Gasteiger partial charge in [-0.25, -0.2) is 9.37 Å². The zero-order valence-corrected chi connectivity index (χ0v) is 16.2. The van der Waals surface area contributed by atoms with E-state index in [2.05, 4.69) is 4.98 Å². The Morgan fingerprint density at radius 2 is 2.04 bits per heavy atom. The first-order valence-corrected chi connectivity index (χ1v) is 9.41. The van der Waals surface area contributed by atoms with E-state index in [0.717, 1.165) is 11.1 Å². The monoisotopic (exact) mass is 406 g/mol. The Labute approximate surface area is 167 Å². The maximum atomic E-state index is 13.1. The highest BCUT2D eigenvalue weighted by Crippen LogP contribution is 2.33. The summed E-state index contributed by atoms with van der Waals surface area (Å²) >= 11 is 5.72. The number of hydrogen-bond donors (Lipinski definition) is 0. The number of pyridine rings is 1. The van der Waals surface area contributed by atoms with Crippen LogP contribution in [0.2, 0.25) is 0 Å². The molecule has 1 aliphatic heterocycles. The molecule has 1 aromatic carbocycles. The molecule has 0 N–H and O–H groups in total. The van der Waals surface area contributed by atoms with Crippen LogP contribution >= 0.6 is 11.6 Å². The van der Waals surface area contributed by atoms with Crippen LogP contribution in [-0.4, -0.2) is 35.9 Å². The topological polar surface area (TPSA) is 68.7 Å². The lowest BCUT2D eigenvalue weighted by atomic mass is 10.0. The van der Waals surface area contributed by atoms with Gasteiger partial charge in [-0.1, -0.05) is 12.1 Å². The normalized spacial score (nSPS) is 12.9. The highest BCUT2D eigenvalue weighted by Gasteiger charge is 2.26. The summed E-state index contributed by atoms with van der Waals surface area (Å²) in [6.45, 7) is 2.04. The molecule has 6 nitrogen and oxygen atoms in total. The predicted molar refractivity (Wildman–Crippen MR) is 102 cm³/mol. The number of nitrogens with zero attached hydrogens (tertiary/aromatic N) is 2. The van der Waals surface area contributed by atoms with Gasteiger partial charge in [0.05, 0.1) is 12.2 Å². The van der Waals surface area contributed by atoms with Crippen molar-refractivity contribution in [1.82, 2.24) is 4.98 Å². The largest absolute Gasteiger partial charge is 0.474 e. The second-order valence-corrected chi connectivity index (χ2v) is 6.62. The molecule has 3 rings (SSSR count). The summed E-state index contributed by atoms with van der Waals surface area (Å²) in [7, 11) is 0. The van der Waals surface area contributed by atoms with Gasteiger partial charge in [-0.3, -0.25) is 9.59 Å². The first-order valence-electron chi connectivity index (χ1n) is 8.87. The Kier molecular flexibility index (Phi) is 6.46. The second-order valence-electron chi connectivity index (χ2n) is 6.35. The average Bonchev–Trinajstić information content (AvgIpc) is 2.70. The number of carbonyl (C=O) groups is 2. The lowest BCUT2D eigenvalue weighted by Gasteiger charge is -2.29. The summed E-state index contributed by atoms with van der Waals surface area (Å²) in [5, 5.41) is 0. The van der Waals surface area contributed by atoms with Crippen LogP contribution in [0.15, 0.2) is 30.3 Å². The molecule has 0 fully saturated rings. The van der Waals surface area contributed by atoms with Crippen molar-refractivity contribution in [2.75, 3.05) is 23.9 Å². The summed E-state index contributed by atoms with van der Waals surface area (Å²) in [4.78, 5) is 29.4. The van der Waals surface area contributed by atoms with Gasteiger partial charge in [0.25, 0.3) is 0 Å². The Balaban J connectivity index is 1.90. The number of rotatable bonds is 6. The van der Waals surface area contributed by atoms with E-state index in [4.69, 9.17) is 21.1 Å². The lowest BCUT2D eigenvalue weighted by Crippen LogP contribution is -2.39. The molecular weight excluding hydrogens is 387 g/mol. The number of amides is 1. The van der Waals surface area contributed by atoms with E-state index in [1.807, 2.05) is 6.07 Å². The van der Waals surface area contributed by atoms with Crippen molar-refractivity contribution in [2.24, 2.45) is 0 Å². The van der Waals surface area contributed by atoms with E-state index in [9.17, 15) is 14.0 Å². The summed E-state index contributed by atoms with van der Waals surface area (Å²) in [6.07, 6.45) is 1.21. The molecule has 28 heavy (non-hydrogen) atoms. The van der Waals surface area contributed by atoms with E-state index in [-0.39, 0.29) is 24.2 Å². The fourth-order valence-corrected chi connectivity index (χ4v) is 3.13. The van der Waals surface area contributed by atoms with Crippen LogP contribution in [-0.2, 0) is 33.8 Å². The third kappa shape index (κ3) is 4.78. The zero-order valence-electron chi connectivity index (χ0n) is 15.4. The number of benzene rings is 1. The number of esters is 1. The van der Waals surface area contributed by atoms with Crippen molar-refractivity contribution in [3.05, 3.63) is 53.0 Å². The van der Waals surface area contributed by atoms with Crippen LogP contribution < -0.4 is 9.64 Å². The van der Waals surface area contributed by atoms with Crippen LogP contribution in [0.4, 0.5) is 10.1 Å². The quantitative estimate of drug-likeness (QED) is 0.545. The molecule has 0 saturated carbocycles. The number of halogens is 2. The average molecular weight is 407 g/mol. The Morgan fingerprint density at radius 3 is 2.71 bits per heavy atom. The van der Waals surface area contributed by atoms with Crippen molar-refractivity contribution in [3.63, 3.8) is 0 Å². The molecule has 0 unspecified atom stereocenters. The third-order valence-corrected chi connectivity index (χ3v) is 4.63. The van der Waals surface area contributed by atoms with Gasteiger partial charge in [0.2, 0.25) is 11.8 Å². The van der Waals surface area contributed by atoms with Crippen LogP contribution in [0.3, 0.4) is 0 Å². The number of fused-ring (bicyclic) bond motifs is 1. The molecular formula is C20H20ClFN2O4. The number of aromatic nitrogens is 1. The minimum atomic E-state index is -0.413. The Bertz CT molecular complexity index is 873. The molecule has 8 heteroatoms. The van der Waals surface area contributed by atoms with Crippen molar-refractivity contribution in [2.45, 2.75) is 26.4 Å². The predicted octanol–water partition coefficient (Wildman–Crippen LogP) is 3.03. The molecule has 0 radical (unpaired) electrons. The fraction of sp³-hybridized carbons (Fsp3) is 0.350. The van der Waals surface area contributed by atoms with E-state index >= 15 is 0 Å². The summed E-state index contributed by atoms with van der Waals surface area (Å²) < 4.78 is 23.8. The highest BCUT2D eigenvalue weighted by molar-refractivity contribution is 6.29. The van der Waals surface area contributed by atoms with Crippen molar-refractivity contribution in [1.29, 1.82) is 0 Å². The van der Waals surface area contributed by atoms with E-state index in [0.29, 0.717) is 43.3 Å². The van der Waals surface area contributed by atoms with Gasteiger partial charge in [0.1, 0.15) is 30.6 Å². The minimum absolute atomic E-state index is 0.00811. The number of anilines is 1. The van der Waals surface area contributed by atoms with Gasteiger partial charge >= 0.3 is 5.97 Å². The first kappa shape index (κ1) is 20.1. The van der Waals surface area contributed by atoms with Gasteiger partial charge in [0.15, 0.2) is 0 Å². The molecule has 0 saturated heterocycles.